The normalized spacial score (nSPS) is 11.4. The summed E-state index contributed by atoms with van der Waals surface area (Å²) >= 11 is 0. The molecule has 0 N–H and O–H groups in total. The van der Waals surface area contributed by atoms with Crippen molar-refractivity contribution in [3.63, 3.8) is 0 Å². The molecule has 0 atom stereocenters. The van der Waals surface area contributed by atoms with Gasteiger partial charge in [0, 0.05) is 38.2 Å². The lowest BCUT2D eigenvalue weighted by molar-refractivity contribution is 1.12. The molecule has 0 fully saturated rings. The zero-order valence-corrected chi connectivity index (χ0v) is 34.6. The molecule has 0 aliphatic rings. The van der Waals surface area contributed by atoms with Crippen molar-refractivity contribution in [3.05, 3.63) is 230 Å². The molecular formula is C59H37N5. The lowest BCUT2D eigenvalue weighted by Crippen LogP contribution is -2.05. The molecule has 298 valence electrons. The van der Waals surface area contributed by atoms with Crippen molar-refractivity contribution in [2.75, 3.05) is 0 Å². The Bertz CT molecular complexity index is 3710. The number of nitrogens with zero attached hydrogens (tertiary/aromatic N) is 5. The molecule has 3 heterocycles. The maximum absolute atomic E-state index is 11.3. The van der Waals surface area contributed by atoms with Crippen LogP contribution >= 0.6 is 0 Å². The van der Waals surface area contributed by atoms with Crippen LogP contribution in [0.15, 0.2) is 224 Å². The smallest absolute Gasteiger partial charge is 0.160 e. The molecule has 0 aliphatic carbocycles. The number of fused-ring (bicyclic) bond motifs is 6. The highest BCUT2D eigenvalue weighted by atomic mass is 15.0. The summed E-state index contributed by atoms with van der Waals surface area (Å²) < 4.78 is 4.56. The summed E-state index contributed by atoms with van der Waals surface area (Å²) in [4.78, 5) is 10.6. The van der Waals surface area contributed by atoms with Gasteiger partial charge in [-0.3, -0.25) is 0 Å². The second kappa shape index (κ2) is 15.3. The first-order valence-corrected chi connectivity index (χ1v) is 21.5. The topological polar surface area (TPSA) is 59.4 Å². The number of benzene rings is 9. The number of para-hydroxylation sites is 2. The van der Waals surface area contributed by atoms with Crippen molar-refractivity contribution in [2.24, 2.45) is 0 Å². The molecular weight excluding hydrogens is 779 g/mol. The Labute approximate surface area is 370 Å². The predicted octanol–water partition coefficient (Wildman–Crippen LogP) is 14.9. The highest BCUT2D eigenvalue weighted by molar-refractivity contribution is 6.12. The van der Waals surface area contributed by atoms with Crippen LogP contribution in [0.3, 0.4) is 0 Å². The molecule has 9 aromatic carbocycles. The molecule has 0 radical (unpaired) electrons. The molecule has 12 aromatic rings. The van der Waals surface area contributed by atoms with Gasteiger partial charge in [0.05, 0.1) is 50.4 Å². The SMILES string of the molecule is N#Cc1cc(-n2c3ccccc3c3cc(-c4ccccc4)ccc32)c(-c2cc(-c3ccccc3)nc(-c3ccccc3)n2)cc1-n1c2ccccc2c2cc(-c3ccccc3)ccc21. The van der Waals surface area contributed by atoms with Crippen LogP contribution in [0.5, 0.6) is 0 Å². The van der Waals surface area contributed by atoms with Crippen LogP contribution in [0, 0.1) is 11.3 Å². The van der Waals surface area contributed by atoms with E-state index in [1.807, 2.05) is 48.5 Å². The maximum atomic E-state index is 11.3. The lowest BCUT2D eigenvalue weighted by Gasteiger charge is -2.19. The number of aromatic nitrogens is 4. The lowest BCUT2D eigenvalue weighted by atomic mass is 10.0. The van der Waals surface area contributed by atoms with E-state index >= 15 is 0 Å². The van der Waals surface area contributed by atoms with Gasteiger partial charge in [-0.2, -0.15) is 5.26 Å². The molecule has 0 amide bonds. The molecule has 0 unspecified atom stereocenters. The summed E-state index contributed by atoms with van der Waals surface area (Å²) in [5, 5.41) is 15.8. The van der Waals surface area contributed by atoms with Crippen LogP contribution < -0.4 is 0 Å². The predicted molar refractivity (Wildman–Crippen MR) is 263 cm³/mol. The first kappa shape index (κ1) is 37.0. The molecule has 0 spiro atoms. The molecule has 5 nitrogen and oxygen atoms in total. The number of hydrogen-bond donors (Lipinski definition) is 0. The van der Waals surface area contributed by atoms with E-state index in [0.29, 0.717) is 11.4 Å². The standard InChI is InChI=1S/C59H37N5/c60-38-45-35-58(64-54-28-16-14-26-47(54)49-34-44(30-32-56(49)64)40-19-7-2-8-20-40)50(52-37-51(41-21-9-3-10-22-41)61-59(62-52)42-23-11-4-12-24-42)36-57(45)63-53-27-15-13-25-46(53)48-33-43(29-31-55(48)63)39-17-5-1-6-18-39/h1-37H. The van der Waals surface area contributed by atoms with Crippen LogP contribution in [-0.2, 0) is 0 Å². The average Bonchev–Trinajstić information content (AvgIpc) is 3.89. The molecule has 64 heavy (non-hydrogen) atoms. The third-order valence-corrected chi connectivity index (χ3v) is 12.4. The summed E-state index contributed by atoms with van der Waals surface area (Å²) in [5.74, 6) is 0.619. The fourth-order valence-corrected chi connectivity index (χ4v) is 9.39. The Balaban J connectivity index is 1.19. The van der Waals surface area contributed by atoms with Gasteiger partial charge in [0.25, 0.3) is 0 Å². The van der Waals surface area contributed by atoms with Crippen molar-refractivity contribution in [1.82, 2.24) is 19.1 Å². The van der Waals surface area contributed by atoms with E-state index in [9.17, 15) is 5.26 Å². The van der Waals surface area contributed by atoms with Gasteiger partial charge in [-0.25, -0.2) is 9.97 Å². The molecule has 0 bridgehead atoms. The first-order chi connectivity index (χ1) is 31.7. The molecule has 0 aliphatic heterocycles. The summed E-state index contributed by atoms with van der Waals surface area (Å²) in [5.41, 5.74) is 15.2. The van der Waals surface area contributed by atoms with Gasteiger partial charge in [0.1, 0.15) is 6.07 Å². The van der Waals surface area contributed by atoms with E-state index in [0.717, 1.165) is 105 Å². The Morgan fingerprint density at radius 1 is 0.328 bits per heavy atom. The van der Waals surface area contributed by atoms with E-state index in [1.54, 1.807) is 0 Å². The quantitative estimate of drug-likeness (QED) is 0.161. The molecule has 0 saturated carbocycles. The molecule has 3 aromatic heterocycles. The van der Waals surface area contributed by atoms with E-state index in [-0.39, 0.29) is 0 Å². The summed E-state index contributed by atoms with van der Waals surface area (Å²) in [7, 11) is 0. The van der Waals surface area contributed by atoms with Crippen LogP contribution in [-0.4, -0.2) is 19.1 Å². The summed E-state index contributed by atoms with van der Waals surface area (Å²) in [6.45, 7) is 0. The van der Waals surface area contributed by atoms with Crippen LogP contribution in [0.25, 0.3) is 111 Å². The van der Waals surface area contributed by atoms with Crippen molar-refractivity contribution in [3.8, 4) is 73.6 Å². The van der Waals surface area contributed by atoms with Crippen molar-refractivity contribution in [2.45, 2.75) is 0 Å². The molecule has 5 heteroatoms. The number of hydrogen-bond acceptors (Lipinski definition) is 3. The van der Waals surface area contributed by atoms with Gasteiger partial charge in [-0.05, 0) is 76.9 Å². The van der Waals surface area contributed by atoms with Gasteiger partial charge in [0.15, 0.2) is 5.82 Å². The fraction of sp³-hybridized carbons (Fsp3) is 0. The largest absolute Gasteiger partial charge is 0.309 e. The van der Waals surface area contributed by atoms with E-state index in [4.69, 9.17) is 9.97 Å². The van der Waals surface area contributed by atoms with Crippen LogP contribution in [0.2, 0.25) is 0 Å². The highest BCUT2D eigenvalue weighted by Gasteiger charge is 2.24. The zero-order valence-electron chi connectivity index (χ0n) is 34.6. The second-order valence-corrected chi connectivity index (χ2v) is 16.1. The first-order valence-electron chi connectivity index (χ1n) is 21.5. The third kappa shape index (κ3) is 6.16. The van der Waals surface area contributed by atoms with Gasteiger partial charge in [-0.1, -0.05) is 170 Å². The molecule has 12 rings (SSSR count). The van der Waals surface area contributed by atoms with Gasteiger partial charge in [0.2, 0.25) is 0 Å². The van der Waals surface area contributed by atoms with E-state index in [2.05, 4.69) is 191 Å². The second-order valence-electron chi connectivity index (χ2n) is 16.1. The minimum absolute atomic E-state index is 0.543. The monoisotopic (exact) mass is 815 g/mol. The van der Waals surface area contributed by atoms with E-state index in [1.165, 1.54) is 0 Å². The number of rotatable bonds is 7. The van der Waals surface area contributed by atoms with Crippen molar-refractivity contribution in [1.29, 1.82) is 5.26 Å². The Hall–Kier alpha value is -8.85. The van der Waals surface area contributed by atoms with Gasteiger partial charge < -0.3 is 9.13 Å². The Kier molecular flexibility index (Phi) is 8.81. The highest BCUT2D eigenvalue weighted by Crippen LogP contribution is 2.42. The average molecular weight is 816 g/mol. The summed E-state index contributed by atoms with van der Waals surface area (Å²) in [6, 6.07) is 80.8. The van der Waals surface area contributed by atoms with Crippen molar-refractivity contribution < 1.29 is 0 Å². The molecule has 0 saturated heterocycles. The Morgan fingerprint density at radius 2 is 0.766 bits per heavy atom. The maximum Gasteiger partial charge on any atom is 0.160 e. The summed E-state index contributed by atoms with van der Waals surface area (Å²) in [6.07, 6.45) is 0. The fourth-order valence-electron chi connectivity index (χ4n) is 9.39. The zero-order chi connectivity index (χ0) is 42.6. The van der Waals surface area contributed by atoms with E-state index < -0.39 is 0 Å². The minimum atomic E-state index is 0.543. The Morgan fingerprint density at radius 3 is 1.30 bits per heavy atom. The van der Waals surface area contributed by atoms with Crippen molar-refractivity contribution >= 4 is 43.6 Å². The van der Waals surface area contributed by atoms with Crippen LogP contribution in [0.1, 0.15) is 5.56 Å². The van der Waals surface area contributed by atoms with Gasteiger partial charge >= 0.3 is 0 Å². The minimum Gasteiger partial charge on any atom is -0.309 e. The van der Waals surface area contributed by atoms with Crippen LogP contribution in [0.4, 0.5) is 0 Å². The third-order valence-electron chi connectivity index (χ3n) is 12.4. The number of nitriles is 1. The van der Waals surface area contributed by atoms with Gasteiger partial charge in [-0.15, -0.1) is 0 Å².